The number of aromatic nitrogens is 3. The van der Waals surface area contributed by atoms with Gasteiger partial charge >= 0.3 is 6.09 Å². The summed E-state index contributed by atoms with van der Waals surface area (Å²) in [4.78, 5) is 22.1. The highest BCUT2D eigenvalue weighted by Gasteiger charge is 2.39. The van der Waals surface area contributed by atoms with Crippen LogP contribution in [0.5, 0.6) is 0 Å². The molecule has 0 unspecified atom stereocenters. The van der Waals surface area contributed by atoms with Crippen LogP contribution in [-0.4, -0.2) is 42.2 Å². The van der Waals surface area contributed by atoms with E-state index >= 15 is 0 Å². The lowest BCUT2D eigenvalue weighted by atomic mass is 9.95. The fraction of sp³-hybridized carbons (Fsp3) is 0.611. The summed E-state index contributed by atoms with van der Waals surface area (Å²) in [6.07, 6.45) is 4.69. The molecule has 2 aliphatic rings. The van der Waals surface area contributed by atoms with E-state index in [2.05, 4.69) is 14.5 Å². The van der Waals surface area contributed by atoms with E-state index in [1.165, 1.54) is 30.4 Å². The molecule has 7 nitrogen and oxygen atoms in total. The first-order valence-electron chi connectivity index (χ1n) is 8.92. The summed E-state index contributed by atoms with van der Waals surface area (Å²) >= 11 is 0. The minimum absolute atomic E-state index is 0.0659. The number of nitrogens with two attached hydrogens (primary N) is 1. The summed E-state index contributed by atoms with van der Waals surface area (Å²) in [6.45, 7) is 6.46. The number of rotatable bonds is 2. The van der Waals surface area contributed by atoms with E-state index in [1.807, 2.05) is 20.8 Å². The van der Waals surface area contributed by atoms with Gasteiger partial charge in [0.05, 0.1) is 11.4 Å². The van der Waals surface area contributed by atoms with Gasteiger partial charge in [0.1, 0.15) is 17.8 Å². The van der Waals surface area contributed by atoms with E-state index in [-0.39, 0.29) is 6.04 Å². The van der Waals surface area contributed by atoms with Crippen molar-refractivity contribution in [2.45, 2.75) is 70.5 Å². The number of carboxylic acid groups (broad SMARTS) is 1. The van der Waals surface area contributed by atoms with Crippen molar-refractivity contribution in [1.29, 1.82) is 0 Å². The molecule has 134 valence electrons. The van der Waals surface area contributed by atoms with Crippen molar-refractivity contribution in [3.8, 4) is 0 Å². The number of carbonyl (C=O) groups is 1. The molecular weight excluding hydrogens is 318 g/mol. The lowest BCUT2D eigenvalue weighted by molar-refractivity contribution is 0.0574. The Bertz CT molecular complexity index is 847. The Labute approximate surface area is 146 Å². The highest BCUT2D eigenvalue weighted by molar-refractivity contribution is 5.92. The van der Waals surface area contributed by atoms with E-state index in [0.717, 1.165) is 23.9 Å². The number of nitrogen functional groups attached to an aromatic ring is 1. The second-order valence-electron chi connectivity index (χ2n) is 8.22. The van der Waals surface area contributed by atoms with Gasteiger partial charge in [-0.05, 0) is 57.9 Å². The topological polar surface area (TPSA) is 97.3 Å². The summed E-state index contributed by atoms with van der Waals surface area (Å²) in [5, 5.41) is 10.7. The SMILES string of the molecule is CC(C)(C)N(C(=O)O)[C@H]1CCc2c(C3CC3)c3c(N)ncnc3n2C1. The average molecular weight is 343 g/mol. The molecular formula is C18H25N5O2. The first-order chi connectivity index (χ1) is 11.8. The standard InChI is InChI=1S/C18H25N5O2/c1-18(2,3)23(17(24)25)11-6-7-12-13(10-4-5-10)14-15(19)20-9-21-16(14)22(12)8-11/h9-11H,4-8H2,1-3H3,(H,24,25)(H2,19,20,21)/t11-/m0/s1. The zero-order valence-corrected chi connectivity index (χ0v) is 15.0. The van der Waals surface area contributed by atoms with Gasteiger partial charge in [-0.1, -0.05) is 0 Å². The molecule has 25 heavy (non-hydrogen) atoms. The normalized spacial score (nSPS) is 20.5. The highest BCUT2D eigenvalue weighted by atomic mass is 16.4. The van der Waals surface area contributed by atoms with E-state index in [1.54, 1.807) is 4.90 Å². The van der Waals surface area contributed by atoms with Gasteiger partial charge in [-0.3, -0.25) is 4.90 Å². The monoisotopic (exact) mass is 343 g/mol. The average Bonchev–Trinajstić information content (AvgIpc) is 3.28. The van der Waals surface area contributed by atoms with Crippen LogP contribution in [0.2, 0.25) is 0 Å². The Hall–Kier alpha value is -2.31. The number of amides is 1. The summed E-state index contributed by atoms with van der Waals surface area (Å²) in [5.41, 5.74) is 9.18. The summed E-state index contributed by atoms with van der Waals surface area (Å²) in [6, 6.07) is -0.0659. The quantitative estimate of drug-likeness (QED) is 0.873. The van der Waals surface area contributed by atoms with Crippen molar-refractivity contribution in [2.24, 2.45) is 0 Å². The second kappa shape index (κ2) is 5.34. The van der Waals surface area contributed by atoms with Crippen LogP contribution in [0, 0.1) is 0 Å². The van der Waals surface area contributed by atoms with Crippen molar-refractivity contribution in [3.05, 3.63) is 17.6 Å². The molecule has 3 N–H and O–H groups in total. The maximum atomic E-state index is 11.9. The smallest absolute Gasteiger partial charge is 0.408 e. The predicted molar refractivity (Wildman–Crippen MR) is 95.6 cm³/mol. The maximum Gasteiger partial charge on any atom is 0.408 e. The van der Waals surface area contributed by atoms with E-state index in [9.17, 15) is 9.90 Å². The van der Waals surface area contributed by atoms with E-state index < -0.39 is 11.6 Å². The molecule has 4 rings (SSSR count). The minimum atomic E-state index is -0.867. The Kier molecular flexibility index (Phi) is 3.46. The van der Waals surface area contributed by atoms with Gasteiger partial charge < -0.3 is 15.4 Å². The van der Waals surface area contributed by atoms with Gasteiger partial charge in [-0.15, -0.1) is 0 Å². The molecule has 2 aromatic heterocycles. The van der Waals surface area contributed by atoms with E-state index in [4.69, 9.17) is 5.73 Å². The molecule has 2 aromatic rings. The lowest BCUT2D eigenvalue weighted by Crippen LogP contribution is -2.53. The third-order valence-corrected chi connectivity index (χ3v) is 5.41. The molecule has 1 amide bonds. The summed E-state index contributed by atoms with van der Waals surface area (Å²) in [7, 11) is 0. The van der Waals surface area contributed by atoms with E-state index in [0.29, 0.717) is 18.3 Å². The second-order valence-corrected chi connectivity index (χ2v) is 8.22. The predicted octanol–water partition coefficient (Wildman–Crippen LogP) is 2.98. The molecule has 0 saturated heterocycles. The molecule has 1 saturated carbocycles. The Balaban J connectivity index is 1.82. The van der Waals surface area contributed by atoms with Gasteiger partial charge in [0.2, 0.25) is 0 Å². The Morgan fingerprint density at radius 2 is 2.04 bits per heavy atom. The molecule has 0 radical (unpaired) electrons. The molecule has 0 aromatic carbocycles. The van der Waals surface area contributed by atoms with Gasteiger partial charge in [-0.25, -0.2) is 14.8 Å². The first-order valence-corrected chi connectivity index (χ1v) is 8.92. The fourth-order valence-corrected chi connectivity index (χ4v) is 4.36. The Morgan fingerprint density at radius 3 is 2.64 bits per heavy atom. The summed E-state index contributed by atoms with van der Waals surface area (Å²) in [5.74, 6) is 1.10. The molecule has 1 aliphatic heterocycles. The molecule has 7 heteroatoms. The van der Waals surface area contributed by atoms with Crippen molar-refractivity contribution < 1.29 is 9.90 Å². The summed E-state index contributed by atoms with van der Waals surface area (Å²) < 4.78 is 2.19. The third-order valence-electron chi connectivity index (χ3n) is 5.41. The van der Waals surface area contributed by atoms with Crippen molar-refractivity contribution >= 4 is 22.9 Å². The lowest BCUT2D eigenvalue weighted by Gasteiger charge is -2.41. The number of anilines is 1. The van der Waals surface area contributed by atoms with Crippen LogP contribution in [0.15, 0.2) is 6.33 Å². The van der Waals surface area contributed by atoms with Crippen molar-refractivity contribution in [3.63, 3.8) is 0 Å². The zero-order valence-electron chi connectivity index (χ0n) is 15.0. The van der Waals surface area contributed by atoms with Crippen LogP contribution in [0.4, 0.5) is 10.6 Å². The molecule has 1 atom stereocenters. The van der Waals surface area contributed by atoms with Gasteiger partial charge in [-0.2, -0.15) is 0 Å². The molecule has 1 fully saturated rings. The van der Waals surface area contributed by atoms with Crippen LogP contribution in [0.25, 0.3) is 11.0 Å². The number of nitrogens with zero attached hydrogens (tertiary/aromatic N) is 4. The van der Waals surface area contributed by atoms with Gasteiger partial charge in [0.15, 0.2) is 0 Å². The highest BCUT2D eigenvalue weighted by Crippen LogP contribution is 2.48. The molecule has 3 heterocycles. The van der Waals surface area contributed by atoms with Crippen molar-refractivity contribution in [2.75, 3.05) is 5.73 Å². The number of hydrogen-bond donors (Lipinski definition) is 2. The Morgan fingerprint density at radius 1 is 1.32 bits per heavy atom. The van der Waals surface area contributed by atoms with Crippen LogP contribution in [-0.2, 0) is 13.0 Å². The van der Waals surface area contributed by atoms with Crippen LogP contribution >= 0.6 is 0 Å². The van der Waals surface area contributed by atoms with Gasteiger partial charge in [0, 0.05) is 17.8 Å². The third kappa shape index (κ3) is 2.53. The minimum Gasteiger partial charge on any atom is -0.465 e. The maximum absolute atomic E-state index is 11.9. The van der Waals surface area contributed by atoms with Crippen LogP contribution in [0.3, 0.4) is 0 Å². The first kappa shape index (κ1) is 16.2. The number of fused-ring (bicyclic) bond motifs is 3. The molecule has 0 bridgehead atoms. The largest absolute Gasteiger partial charge is 0.465 e. The van der Waals surface area contributed by atoms with Crippen LogP contribution < -0.4 is 5.73 Å². The zero-order chi connectivity index (χ0) is 17.9. The van der Waals surface area contributed by atoms with Crippen LogP contribution in [0.1, 0.15) is 57.2 Å². The van der Waals surface area contributed by atoms with Crippen molar-refractivity contribution in [1.82, 2.24) is 19.4 Å². The molecule has 0 spiro atoms. The number of hydrogen-bond acceptors (Lipinski definition) is 4. The molecule has 1 aliphatic carbocycles. The van der Waals surface area contributed by atoms with Gasteiger partial charge in [0.25, 0.3) is 0 Å². The fourth-order valence-electron chi connectivity index (χ4n) is 4.36.